The highest BCUT2D eigenvalue weighted by Crippen LogP contribution is 2.31. The van der Waals surface area contributed by atoms with Crippen molar-refractivity contribution in [3.8, 4) is 0 Å². The maximum atomic E-state index is 12.1. The second kappa shape index (κ2) is 8.96. The lowest BCUT2D eigenvalue weighted by atomic mass is 10.1. The zero-order valence-electron chi connectivity index (χ0n) is 15.9. The van der Waals surface area contributed by atoms with Crippen LogP contribution in [0.3, 0.4) is 0 Å². The van der Waals surface area contributed by atoms with Crippen LogP contribution in [0, 0.1) is 10.1 Å². The number of hydrazone groups is 1. The number of nitro benzene ring substituents is 1. The van der Waals surface area contributed by atoms with Crippen molar-refractivity contribution in [2.75, 3.05) is 23.3 Å². The molecule has 0 aliphatic carbocycles. The predicted octanol–water partition coefficient (Wildman–Crippen LogP) is 2.92. The molecule has 1 aliphatic heterocycles. The average molecular weight is 395 g/mol. The maximum Gasteiger partial charge on any atom is 0.293 e. The van der Waals surface area contributed by atoms with Gasteiger partial charge >= 0.3 is 0 Å². The van der Waals surface area contributed by atoms with Crippen LogP contribution in [-0.4, -0.2) is 36.0 Å². The Kier molecular flexibility index (Phi) is 6.18. The zero-order chi connectivity index (χ0) is 20.8. The first kappa shape index (κ1) is 20.0. The highest BCUT2D eigenvalue weighted by Gasteiger charge is 2.22. The van der Waals surface area contributed by atoms with E-state index in [1.165, 1.54) is 19.2 Å². The molecule has 1 aliphatic rings. The summed E-state index contributed by atoms with van der Waals surface area (Å²) < 4.78 is 0. The first-order valence-electron chi connectivity index (χ1n) is 9.18. The lowest BCUT2D eigenvalue weighted by Gasteiger charge is -2.17. The van der Waals surface area contributed by atoms with Gasteiger partial charge in [-0.2, -0.15) is 5.10 Å². The number of hydrogen-bond acceptors (Lipinski definition) is 6. The van der Waals surface area contributed by atoms with Gasteiger partial charge in [0.25, 0.3) is 11.6 Å². The topological polar surface area (TPSA) is 117 Å². The molecule has 0 saturated carbocycles. The third-order valence-corrected chi connectivity index (χ3v) is 4.49. The molecular formula is C20H21N5O4. The van der Waals surface area contributed by atoms with Gasteiger partial charge in [-0.15, -0.1) is 0 Å². The summed E-state index contributed by atoms with van der Waals surface area (Å²) in [6, 6.07) is 11.2. The Labute approximate surface area is 167 Å². The Hall–Kier alpha value is -3.75. The van der Waals surface area contributed by atoms with E-state index in [4.69, 9.17) is 0 Å². The predicted molar refractivity (Wildman–Crippen MR) is 110 cm³/mol. The van der Waals surface area contributed by atoms with Gasteiger partial charge < -0.3 is 10.2 Å². The smallest absolute Gasteiger partial charge is 0.293 e. The number of amides is 2. The van der Waals surface area contributed by atoms with E-state index in [9.17, 15) is 19.7 Å². The lowest BCUT2D eigenvalue weighted by Crippen LogP contribution is -2.19. The van der Waals surface area contributed by atoms with E-state index in [0.717, 1.165) is 25.9 Å². The molecule has 150 valence electrons. The van der Waals surface area contributed by atoms with Gasteiger partial charge in [-0.1, -0.05) is 6.07 Å². The molecule has 29 heavy (non-hydrogen) atoms. The van der Waals surface area contributed by atoms with Crippen LogP contribution < -0.4 is 15.6 Å². The highest BCUT2D eigenvalue weighted by atomic mass is 16.6. The molecule has 0 radical (unpaired) electrons. The molecule has 9 nitrogen and oxygen atoms in total. The minimum Gasteiger partial charge on any atom is -0.366 e. The highest BCUT2D eigenvalue weighted by molar-refractivity contribution is 5.96. The molecule has 1 saturated heterocycles. The van der Waals surface area contributed by atoms with Crippen molar-refractivity contribution in [3.05, 3.63) is 63.7 Å². The van der Waals surface area contributed by atoms with Gasteiger partial charge in [-0.05, 0) is 43.2 Å². The molecule has 9 heteroatoms. The SMILES string of the molecule is CC(=O)Nc1ccc(C(=O)N/N=C/c2ccc(N3CCCC3)c([N+](=O)[O-])c2)cc1. The molecule has 0 aromatic heterocycles. The average Bonchev–Trinajstić information content (AvgIpc) is 3.22. The summed E-state index contributed by atoms with van der Waals surface area (Å²) in [5, 5.41) is 17.9. The monoisotopic (exact) mass is 395 g/mol. The number of carbonyl (C=O) groups excluding carboxylic acids is 2. The van der Waals surface area contributed by atoms with Crippen molar-refractivity contribution in [2.24, 2.45) is 5.10 Å². The van der Waals surface area contributed by atoms with Gasteiger partial charge in [0.15, 0.2) is 0 Å². The number of nitrogens with one attached hydrogen (secondary N) is 2. The van der Waals surface area contributed by atoms with Crippen LogP contribution in [0.25, 0.3) is 0 Å². The largest absolute Gasteiger partial charge is 0.366 e. The molecule has 0 unspecified atom stereocenters. The molecule has 2 amide bonds. The summed E-state index contributed by atoms with van der Waals surface area (Å²) in [6.07, 6.45) is 3.42. The van der Waals surface area contributed by atoms with Crippen molar-refractivity contribution in [1.29, 1.82) is 0 Å². The van der Waals surface area contributed by atoms with Crippen LogP contribution in [0.2, 0.25) is 0 Å². The summed E-state index contributed by atoms with van der Waals surface area (Å²) in [5.41, 5.74) is 4.49. The molecular weight excluding hydrogens is 374 g/mol. The van der Waals surface area contributed by atoms with Crippen LogP contribution >= 0.6 is 0 Å². The van der Waals surface area contributed by atoms with E-state index in [1.54, 1.807) is 36.4 Å². The van der Waals surface area contributed by atoms with E-state index in [0.29, 0.717) is 22.5 Å². The minimum absolute atomic E-state index is 0.0238. The van der Waals surface area contributed by atoms with Crippen molar-refractivity contribution in [3.63, 3.8) is 0 Å². The molecule has 1 heterocycles. The Morgan fingerprint density at radius 2 is 1.83 bits per heavy atom. The van der Waals surface area contributed by atoms with Crippen molar-refractivity contribution < 1.29 is 14.5 Å². The lowest BCUT2D eigenvalue weighted by molar-refractivity contribution is -0.384. The van der Waals surface area contributed by atoms with E-state index in [2.05, 4.69) is 15.8 Å². The van der Waals surface area contributed by atoms with Gasteiger partial charge in [0, 0.05) is 42.9 Å². The number of rotatable bonds is 6. The maximum absolute atomic E-state index is 12.1. The molecule has 2 N–H and O–H groups in total. The molecule has 0 atom stereocenters. The van der Waals surface area contributed by atoms with E-state index in [1.807, 2.05) is 4.90 Å². The van der Waals surface area contributed by atoms with Crippen molar-refractivity contribution >= 4 is 35.1 Å². The summed E-state index contributed by atoms with van der Waals surface area (Å²) >= 11 is 0. The quantitative estimate of drug-likeness (QED) is 0.443. The number of hydrogen-bond donors (Lipinski definition) is 2. The third kappa shape index (κ3) is 5.16. The summed E-state index contributed by atoms with van der Waals surface area (Å²) in [5.74, 6) is -0.629. The van der Waals surface area contributed by atoms with Gasteiger partial charge in [-0.25, -0.2) is 5.43 Å². The molecule has 2 aromatic rings. The molecule has 0 spiro atoms. The number of nitrogens with zero attached hydrogens (tertiary/aromatic N) is 3. The van der Waals surface area contributed by atoms with Crippen LogP contribution in [0.1, 0.15) is 35.7 Å². The Balaban J connectivity index is 1.66. The van der Waals surface area contributed by atoms with Crippen LogP contribution in [0.4, 0.5) is 17.1 Å². The first-order chi connectivity index (χ1) is 13.9. The third-order valence-electron chi connectivity index (χ3n) is 4.49. The van der Waals surface area contributed by atoms with Gasteiger partial charge in [0.2, 0.25) is 5.91 Å². The van der Waals surface area contributed by atoms with E-state index < -0.39 is 10.8 Å². The summed E-state index contributed by atoms with van der Waals surface area (Å²) in [7, 11) is 0. The minimum atomic E-state index is -0.432. The fourth-order valence-corrected chi connectivity index (χ4v) is 3.13. The van der Waals surface area contributed by atoms with Crippen molar-refractivity contribution in [2.45, 2.75) is 19.8 Å². The first-order valence-corrected chi connectivity index (χ1v) is 9.18. The molecule has 3 rings (SSSR count). The van der Waals surface area contributed by atoms with Gasteiger partial charge in [0.05, 0.1) is 11.1 Å². The van der Waals surface area contributed by atoms with Gasteiger partial charge in [-0.3, -0.25) is 19.7 Å². The Morgan fingerprint density at radius 3 is 2.45 bits per heavy atom. The van der Waals surface area contributed by atoms with Gasteiger partial charge in [0.1, 0.15) is 5.69 Å². The summed E-state index contributed by atoms with van der Waals surface area (Å²) in [4.78, 5) is 36.2. The van der Waals surface area contributed by atoms with Crippen molar-refractivity contribution in [1.82, 2.24) is 5.43 Å². The fraction of sp³-hybridized carbons (Fsp3) is 0.250. The fourth-order valence-electron chi connectivity index (χ4n) is 3.13. The number of carbonyl (C=O) groups is 2. The Morgan fingerprint density at radius 1 is 1.14 bits per heavy atom. The number of benzene rings is 2. The second-order valence-corrected chi connectivity index (χ2v) is 6.66. The number of nitro groups is 1. The van der Waals surface area contributed by atoms with Crippen LogP contribution in [0.15, 0.2) is 47.6 Å². The Bertz CT molecular complexity index is 950. The molecule has 1 fully saturated rings. The molecule has 0 bridgehead atoms. The van der Waals surface area contributed by atoms with E-state index >= 15 is 0 Å². The second-order valence-electron chi connectivity index (χ2n) is 6.66. The van der Waals surface area contributed by atoms with Crippen LogP contribution in [-0.2, 0) is 4.79 Å². The molecule has 2 aromatic carbocycles. The normalized spacial score (nSPS) is 13.5. The zero-order valence-corrected chi connectivity index (χ0v) is 15.9. The van der Waals surface area contributed by atoms with Crippen LogP contribution in [0.5, 0.6) is 0 Å². The van der Waals surface area contributed by atoms with E-state index in [-0.39, 0.29) is 11.6 Å². The standard InChI is InChI=1S/C20H21N5O4/c1-14(26)22-17-7-5-16(6-8-17)20(27)23-21-13-15-4-9-18(19(12-15)25(28)29)24-10-2-3-11-24/h4-9,12-13H,2-3,10-11H2,1H3,(H,22,26)(H,23,27)/b21-13+. The number of anilines is 2. The summed E-state index contributed by atoms with van der Waals surface area (Å²) in [6.45, 7) is 3.02.